The first-order valence-corrected chi connectivity index (χ1v) is 10.5. The Morgan fingerprint density at radius 1 is 1.24 bits per heavy atom. The minimum absolute atomic E-state index is 0.0508. The van der Waals surface area contributed by atoms with Crippen LogP contribution in [0, 0.1) is 0 Å². The van der Waals surface area contributed by atoms with E-state index in [-0.39, 0.29) is 17.8 Å². The first-order valence-electron chi connectivity index (χ1n) is 9.67. The number of aromatic nitrogens is 2. The van der Waals surface area contributed by atoms with Crippen molar-refractivity contribution in [3.8, 4) is 17.0 Å². The van der Waals surface area contributed by atoms with Crippen LogP contribution in [0.4, 0.5) is 0 Å². The molecule has 0 radical (unpaired) electrons. The van der Waals surface area contributed by atoms with Gasteiger partial charge in [0.05, 0.1) is 19.6 Å². The normalized spacial score (nSPS) is 11.6. The number of nitrogens with zero attached hydrogens (tertiary/aromatic N) is 2. The molecule has 0 saturated heterocycles. The number of thiazole rings is 1. The van der Waals surface area contributed by atoms with Crippen LogP contribution in [-0.4, -0.2) is 34.9 Å². The zero-order valence-electron chi connectivity index (χ0n) is 17.4. The van der Waals surface area contributed by atoms with E-state index in [0.717, 1.165) is 22.3 Å². The summed E-state index contributed by atoms with van der Waals surface area (Å²) in [6.07, 6.45) is 2.75. The second kappa shape index (κ2) is 8.37. The minimum Gasteiger partial charge on any atom is -0.493 e. The third-order valence-electron chi connectivity index (χ3n) is 4.55. The lowest BCUT2D eigenvalue weighted by Crippen LogP contribution is -2.11. The number of hydrogen-bond donors (Lipinski definition) is 0. The van der Waals surface area contributed by atoms with Gasteiger partial charge in [0.15, 0.2) is 11.2 Å². The van der Waals surface area contributed by atoms with Crippen molar-refractivity contribution in [2.24, 2.45) is 0 Å². The number of imidazole rings is 1. The molecule has 0 bridgehead atoms. The molecule has 1 aromatic carbocycles. The molecular weight excluding hydrogens is 388 g/mol. The van der Waals surface area contributed by atoms with Crippen LogP contribution in [-0.2, 0) is 21.4 Å². The highest BCUT2D eigenvalue weighted by Crippen LogP contribution is 2.37. The molecule has 0 fully saturated rings. The second-order valence-electron chi connectivity index (χ2n) is 7.69. The Kier molecular flexibility index (Phi) is 6.07. The first-order chi connectivity index (χ1) is 13.8. The Morgan fingerprint density at radius 3 is 2.62 bits per heavy atom. The monoisotopic (exact) mass is 414 g/mol. The Balaban J connectivity index is 2.10. The molecule has 0 spiro atoms. The number of carbonyl (C=O) groups is 2. The zero-order valence-corrected chi connectivity index (χ0v) is 18.3. The third-order valence-corrected chi connectivity index (χ3v) is 5.53. The first kappa shape index (κ1) is 21.0. The quantitative estimate of drug-likeness (QED) is 0.415. The largest absolute Gasteiger partial charge is 0.493 e. The van der Waals surface area contributed by atoms with Crippen molar-refractivity contribution in [1.82, 2.24) is 9.38 Å². The van der Waals surface area contributed by atoms with Crippen LogP contribution >= 0.6 is 11.3 Å². The van der Waals surface area contributed by atoms with E-state index < -0.39 is 0 Å². The maximum atomic E-state index is 12.0. The molecule has 0 atom stereocenters. The summed E-state index contributed by atoms with van der Waals surface area (Å²) < 4.78 is 12.6. The van der Waals surface area contributed by atoms with Crippen LogP contribution in [0.5, 0.6) is 5.75 Å². The van der Waals surface area contributed by atoms with Crippen LogP contribution < -0.4 is 4.74 Å². The molecular formula is C22H26N2O4S. The Morgan fingerprint density at radius 2 is 2.00 bits per heavy atom. The number of ether oxygens (including phenoxy) is 2. The number of fused-ring (bicyclic) bond motifs is 1. The lowest BCUT2D eigenvalue weighted by molar-refractivity contribution is -0.142. The van der Waals surface area contributed by atoms with Gasteiger partial charge >= 0.3 is 5.97 Å². The van der Waals surface area contributed by atoms with Gasteiger partial charge in [-0.25, -0.2) is 4.98 Å². The smallest absolute Gasteiger partial charge is 0.311 e. The van der Waals surface area contributed by atoms with E-state index >= 15 is 0 Å². The summed E-state index contributed by atoms with van der Waals surface area (Å²) in [6, 6.07) is 6.03. The molecule has 6 nitrogen and oxygen atoms in total. The Labute approximate surface area is 174 Å². The van der Waals surface area contributed by atoms with Crippen molar-refractivity contribution in [2.75, 3.05) is 13.2 Å². The van der Waals surface area contributed by atoms with Crippen molar-refractivity contribution >= 4 is 28.6 Å². The van der Waals surface area contributed by atoms with Gasteiger partial charge < -0.3 is 9.47 Å². The molecule has 0 aliphatic carbocycles. The van der Waals surface area contributed by atoms with Crippen LogP contribution in [0.2, 0.25) is 0 Å². The van der Waals surface area contributed by atoms with Crippen molar-refractivity contribution in [1.29, 1.82) is 0 Å². The molecule has 0 aliphatic heterocycles. The van der Waals surface area contributed by atoms with Crippen molar-refractivity contribution in [3.05, 3.63) is 40.5 Å². The number of aldehydes is 1. The van der Waals surface area contributed by atoms with Gasteiger partial charge in [0.1, 0.15) is 17.1 Å². The minimum atomic E-state index is -0.290. The van der Waals surface area contributed by atoms with E-state index in [4.69, 9.17) is 14.5 Å². The fraction of sp³-hybridized carbons (Fsp3) is 0.409. The summed E-state index contributed by atoms with van der Waals surface area (Å²) in [5, 5.41) is 0. The summed E-state index contributed by atoms with van der Waals surface area (Å²) in [5.74, 6) is 0.405. The van der Waals surface area contributed by atoms with Gasteiger partial charge in [-0.3, -0.25) is 14.0 Å². The van der Waals surface area contributed by atoms with Gasteiger partial charge in [0.25, 0.3) is 0 Å². The number of benzene rings is 1. The highest BCUT2D eigenvalue weighted by Gasteiger charge is 2.23. The highest BCUT2D eigenvalue weighted by atomic mass is 32.1. The summed E-state index contributed by atoms with van der Waals surface area (Å²) >= 11 is 1.38. The summed E-state index contributed by atoms with van der Waals surface area (Å²) in [6.45, 7) is 11.0. The molecule has 29 heavy (non-hydrogen) atoms. The second-order valence-corrected chi connectivity index (χ2v) is 8.78. The predicted molar refractivity (Wildman–Crippen MR) is 114 cm³/mol. The fourth-order valence-electron chi connectivity index (χ4n) is 3.12. The summed E-state index contributed by atoms with van der Waals surface area (Å²) in [4.78, 5) is 29.9. The molecule has 0 aliphatic rings. The number of carbonyl (C=O) groups excluding carboxylic acids is 2. The lowest BCUT2D eigenvalue weighted by atomic mass is 9.85. The maximum absolute atomic E-state index is 12.0. The van der Waals surface area contributed by atoms with Crippen LogP contribution in [0.3, 0.4) is 0 Å². The van der Waals surface area contributed by atoms with Gasteiger partial charge in [0, 0.05) is 16.6 Å². The van der Waals surface area contributed by atoms with Crippen LogP contribution in [0.25, 0.3) is 16.2 Å². The molecule has 3 aromatic rings. The van der Waals surface area contributed by atoms with E-state index in [9.17, 15) is 9.59 Å². The maximum Gasteiger partial charge on any atom is 0.311 e. The SMILES string of the molecule is CCOC(=O)Cc1cn2c(C=O)c(-c3cc(C(C)(C)C)ccc3OCC)nc2s1. The summed E-state index contributed by atoms with van der Waals surface area (Å²) in [7, 11) is 0. The third kappa shape index (κ3) is 4.34. The van der Waals surface area contributed by atoms with Crippen LogP contribution in [0.1, 0.15) is 55.5 Å². The molecule has 0 N–H and O–H groups in total. The van der Waals surface area contributed by atoms with E-state index in [2.05, 4.69) is 20.8 Å². The van der Waals surface area contributed by atoms with Gasteiger partial charge in [-0.15, -0.1) is 11.3 Å². The molecule has 2 aromatic heterocycles. The van der Waals surface area contributed by atoms with Crippen molar-refractivity contribution in [2.45, 2.75) is 46.5 Å². The topological polar surface area (TPSA) is 69.9 Å². The Hall–Kier alpha value is -2.67. The van der Waals surface area contributed by atoms with Crippen LogP contribution in [0.15, 0.2) is 24.4 Å². The van der Waals surface area contributed by atoms with E-state index in [1.165, 1.54) is 11.3 Å². The standard InChI is InChI=1S/C22H26N2O4S/c1-6-27-18-9-8-14(22(3,4)5)10-16(18)20-17(13-25)24-12-15(29-21(24)23-20)11-19(26)28-7-2/h8-10,12-13H,6-7,11H2,1-5H3. The molecule has 2 heterocycles. The lowest BCUT2D eigenvalue weighted by Gasteiger charge is -2.21. The number of esters is 1. The van der Waals surface area contributed by atoms with Crippen molar-refractivity contribution in [3.63, 3.8) is 0 Å². The van der Waals surface area contributed by atoms with E-state index in [1.807, 2.05) is 25.1 Å². The Bertz CT molecular complexity index is 1040. The van der Waals surface area contributed by atoms with E-state index in [0.29, 0.717) is 35.3 Å². The molecule has 3 rings (SSSR count). The molecule has 0 amide bonds. The summed E-state index contributed by atoms with van der Waals surface area (Å²) in [5.41, 5.74) is 2.91. The van der Waals surface area contributed by atoms with Gasteiger partial charge in [-0.05, 0) is 37.0 Å². The van der Waals surface area contributed by atoms with Gasteiger partial charge in [-0.2, -0.15) is 0 Å². The number of hydrogen-bond acceptors (Lipinski definition) is 6. The number of rotatable bonds is 7. The molecule has 154 valence electrons. The van der Waals surface area contributed by atoms with Gasteiger partial charge in [-0.1, -0.05) is 26.8 Å². The molecule has 7 heteroatoms. The van der Waals surface area contributed by atoms with Gasteiger partial charge in [0.2, 0.25) is 0 Å². The molecule has 0 saturated carbocycles. The average molecular weight is 415 g/mol. The highest BCUT2D eigenvalue weighted by molar-refractivity contribution is 7.17. The predicted octanol–water partition coefficient (Wildman–Crippen LogP) is 4.68. The van der Waals surface area contributed by atoms with E-state index in [1.54, 1.807) is 17.5 Å². The molecule has 0 unspecified atom stereocenters. The fourth-order valence-corrected chi connectivity index (χ4v) is 4.09. The zero-order chi connectivity index (χ0) is 21.2. The average Bonchev–Trinajstić information content (AvgIpc) is 3.18. The van der Waals surface area contributed by atoms with Crippen molar-refractivity contribution < 1.29 is 19.1 Å².